The largest absolute Gasteiger partial charge is 0.493 e. The minimum Gasteiger partial charge on any atom is -0.493 e. The minimum absolute atomic E-state index is 0.0505. The maximum absolute atomic E-state index is 11.6. The Morgan fingerprint density at radius 3 is 2.56 bits per heavy atom. The van der Waals surface area contributed by atoms with Crippen LogP contribution in [0.4, 0.5) is 4.79 Å². The second-order valence-corrected chi connectivity index (χ2v) is 3.37. The molecule has 0 aliphatic heterocycles. The number of carbonyl (C=O) groups excluding carboxylic acids is 1. The number of hydrogen-bond acceptors (Lipinski definition) is 5. The van der Waals surface area contributed by atoms with Gasteiger partial charge in [0.25, 0.3) is 0 Å². The molecule has 96 valence electrons. The number of nitriles is 1. The number of para-hydroxylation sites is 1. The molecule has 6 nitrogen and oxygen atoms in total. The third kappa shape index (κ3) is 3.04. The van der Waals surface area contributed by atoms with Crippen molar-refractivity contribution in [3.05, 3.63) is 18.2 Å². The molecule has 0 saturated heterocycles. The van der Waals surface area contributed by atoms with Crippen LogP contribution in [0.3, 0.4) is 0 Å². The second kappa shape index (κ2) is 6.35. The predicted molar refractivity (Wildman–Crippen MR) is 63.8 cm³/mol. The lowest BCUT2D eigenvalue weighted by Gasteiger charge is -2.16. The highest BCUT2D eigenvalue weighted by molar-refractivity contribution is 5.72. The number of amides is 1. The summed E-state index contributed by atoms with van der Waals surface area (Å²) >= 11 is 0. The molecule has 0 unspecified atom stereocenters. The monoisotopic (exact) mass is 250 g/mol. The van der Waals surface area contributed by atoms with E-state index >= 15 is 0 Å². The van der Waals surface area contributed by atoms with Gasteiger partial charge in [-0.15, -0.1) is 0 Å². The van der Waals surface area contributed by atoms with Crippen LogP contribution < -0.4 is 14.2 Å². The van der Waals surface area contributed by atoms with Gasteiger partial charge in [0.05, 0.1) is 20.3 Å². The van der Waals surface area contributed by atoms with Crippen LogP contribution in [0.1, 0.15) is 0 Å². The normalized spacial score (nSPS) is 9.22. The van der Waals surface area contributed by atoms with Crippen LogP contribution in [0.15, 0.2) is 18.2 Å². The van der Waals surface area contributed by atoms with E-state index in [9.17, 15) is 4.79 Å². The SMILES string of the molecule is COc1cccc(OC(=O)N(C)CC#N)c1OC. The van der Waals surface area contributed by atoms with Gasteiger partial charge < -0.3 is 14.2 Å². The van der Waals surface area contributed by atoms with Gasteiger partial charge in [-0.05, 0) is 12.1 Å². The van der Waals surface area contributed by atoms with E-state index in [-0.39, 0.29) is 12.3 Å². The number of benzene rings is 1. The van der Waals surface area contributed by atoms with Gasteiger partial charge in [0.1, 0.15) is 6.54 Å². The molecule has 0 atom stereocenters. The fraction of sp³-hybridized carbons (Fsp3) is 0.333. The summed E-state index contributed by atoms with van der Waals surface area (Å²) in [6.07, 6.45) is -0.636. The van der Waals surface area contributed by atoms with Crippen molar-refractivity contribution in [1.29, 1.82) is 5.26 Å². The molecular weight excluding hydrogens is 236 g/mol. The van der Waals surface area contributed by atoms with Crippen molar-refractivity contribution >= 4 is 6.09 Å². The van der Waals surface area contributed by atoms with Gasteiger partial charge in [0, 0.05) is 7.05 Å². The van der Waals surface area contributed by atoms with Crippen molar-refractivity contribution < 1.29 is 19.0 Å². The molecule has 1 amide bonds. The van der Waals surface area contributed by atoms with Gasteiger partial charge in [-0.25, -0.2) is 4.79 Å². The molecule has 0 bridgehead atoms. The molecule has 1 aromatic rings. The highest BCUT2D eigenvalue weighted by Crippen LogP contribution is 2.36. The van der Waals surface area contributed by atoms with Crippen molar-refractivity contribution in [3.63, 3.8) is 0 Å². The summed E-state index contributed by atoms with van der Waals surface area (Å²) in [4.78, 5) is 12.8. The first-order chi connectivity index (χ1) is 8.63. The fourth-order valence-electron chi connectivity index (χ4n) is 1.28. The molecule has 0 N–H and O–H groups in total. The molecule has 0 saturated carbocycles. The maximum Gasteiger partial charge on any atom is 0.415 e. The molecule has 1 aromatic carbocycles. The highest BCUT2D eigenvalue weighted by Gasteiger charge is 2.16. The van der Waals surface area contributed by atoms with Crippen LogP contribution in [0.25, 0.3) is 0 Å². The topological polar surface area (TPSA) is 71.8 Å². The van der Waals surface area contributed by atoms with Crippen molar-refractivity contribution in [2.24, 2.45) is 0 Å². The molecule has 0 aliphatic carbocycles. The fourth-order valence-corrected chi connectivity index (χ4v) is 1.28. The van der Waals surface area contributed by atoms with Gasteiger partial charge in [0.2, 0.25) is 5.75 Å². The minimum atomic E-state index is -0.636. The second-order valence-electron chi connectivity index (χ2n) is 3.37. The molecule has 0 heterocycles. The summed E-state index contributed by atoms with van der Waals surface area (Å²) in [5, 5.41) is 8.49. The molecule has 0 radical (unpaired) electrons. The average Bonchev–Trinajstić information content (AvgIpc) is 2.38. The smallest absolute Gasteiger partial charge is 0.415 e. The standard InChI is InChI=1S/C12H14N2O4/c1-14(8-7-13)12(15)18-10-6-4-5-9(16-2)11(10)17-3/h4-6H,8H2,1-3H3. The third-order valence-electron chi connectivity index (χ3n) is 2.18. The zero-order chi connectivity index (χ0) is 13.5. The molecule has 0 fully saturated rings. The van der Waals surface area contributed by atoms with Crippen LogP contribution >= 0.6 is 0 Å². The average molecular weight is 250 g/mol. The molecular formula is C12H14N2O4. The summed E-state index contributed by atoms with van der Waals surface area (Å²) in [6, 6.07) is 6.80. The van der Waals surface area contributed by atoms with Crippen LogP contribution in [-0.4, -0.2) is 38.8 Å². The summed E-state index contributed by atoms with van der Waals surface area (Å²) in [7, 11) is 4.41. The molecule has 6 heteroatoms. The summed E-state index contributed by atoms with van der Waals surface area (Å²) < 4.78 is 15.3. The van der Waals surface area contributed by atoms with Crippen molar-refractivity contribution in [3.8, 4) is 23.3 Å². The Morgan fingerprint density at radius 2 is 2.00 bits per heavy atom. The lowest BCUT2D eigenvalue weighted by Crippen LogP contribution is -2.30. The van der Waals surface area contributed by atoms with Crippen LogP contribution in [0, 0.1) is 11.3 Å². The maximum atomic E-state index is 11.6. The number of ether oxygens (including phenoxy) is 3. The van der Waals surface area contributed by atoms with Crippen LogP contribution in [0.2, 0.25) is 0 Å². The number of rotatable bonds is 4. The number of hydrogen-bond donors (Lipinski definition) is 0. The zero-order valence-electron chi connectivity index (χ0n) is 10.5. The Balaban J connectivity index is 2.91. The Hall–Kier alpha value is -2.42. The third-order valence-corrected chi connectivity index (χ3v) is 2.18. The zero-order valence-corrected chi connectivity index (χ0v) is 10.5. The Bertz CT molecular complexity index is 468. The van der Waals surface area contributed by atoms with Gasteiger partial charge in [0.15, 0.2) is 11.5 Å². The number of nitrogens with zero attached hydrogens (tertiary/aromatic N) is 2. The van der Waals surface area contributed by atoms with E-state index in [4.69, 9.17) is 19.5 Å². The van der Waals surface area contributed by atoms with Gasteiger partial charge in [-0.1, -0.05) is 6.07 Å². The Morgan fingerprint density at radius 1 is 1.33 bits per heavy atom. The molecule has 1 rings (SSSR count). The van der Waals surface area contributed by atoms with E-state index in [1.807, 2.05) is 6.07 Å². The molecule has 0 aliphatic rings. The number of carbonyl (C=O) groups is 1. The van der Waals surface area contributed by atoms with Crippen molar-refractivity contribution in [2.75, 3.05) is 27.8 Å². The van der Waals surface area contributed by atoms with E-state index in [1.54, 1.807) is 18.2 Å². The van der Waals surface area contributed by atoms with Gasteiger partial charge >= 0.3 is 6.09 Å². The van der Waals surface area contributed by atoms with Crippen molar-refractivity contribution in [1.82, 2.24) is 4.90 Å². The first kappa shape index (κ1) is 13.6. The van der Waals surface area contributed by atoms with Crippen molar-refractivity contribution in [2.45, 2.75) is 0 Å². The van der Waals surface area contributed by atoms with Gasteiger partial charge in [-0.2, -0.15) is 5.26 Å². The lowest BCUT2D eigenvalue weighted by molar-refractivity contribution is 0.165. The van der Waals surface area contributed by atoms with Gasteiger partial charge in [-0.3, -0.25) is 4.90 Å². The van der Waals surface area contributed by atoms with E-state index in [0.717, 1.165) is 4.90 Å². The molecule has 0 aromatic heterocycles. The molecule has 18 heavy (non-hydrogen) atoms. The summed E-state index contributed by atoms with van der Waals surface area (Å²) in [5.41, 5.74) is 0. The van der Waals surface area contributed by atoms with E-state index in [0.29, 0.717) is 11.5 Å². The quantitative estimate of drug-likeness (QED) is 0.760. The number of methoxy groups -OCH3 is 2. The summed E-state index contributed by atoms with van der Waals surface area (Å²) in [5.74, 6) is 1.04. The lowest BCUT2D eigenvalue weighted by atomic mass is 10.3. The van der Waals surface area contributed by atoms with Crippen LogP contribution in [0.5, 0.6) is 17.2 Å². The predicted octanol–water partition coefficient (Wildman–Crippen LogP) is 1.66. The van der Waals surface area contributed by atoms with Crippen LogP contribution in [-0.2, 0) is 0 Å². The Labute approximate surface area is 105 Å². The first-order valence-electron chi connectivity index (χ1n) is 5.15. The van der Waals surface area contributed by atoms with E-state index in [1.165, 1.54) is 21.3 Å². The van der Waals surface area contributed by atoms with E-state index < -0.39 is 6.09 Å². The van der Waals surface area contributed by atoms with E-state index in [2.05, 4.69) is 0 Å². The molecule has 0 spiro atoms. The first-order valence-corrected chi connectivity index (χ1v) is 5.15. The summed E-state index contributed by atoms with van der Waals surface area (Å²) in [6.45, 7) is -0.0505. The highest BCUT2D eigenvalue weighted by atomic mass is 16.6. The Kier molecular flexibility index (Phi) is 4.81.